The Morgan fingerprint density at radius 1 is 0.967 bits per heavy atom. The summed E-state index contributed by atoms with van der Waals surface area (Å²) in [6.07, 6.45) is 2.80. The standard InChI is InChI=1S/C24H26N2O4/c1-29-19-13-15-9-12-26-22(18(15)14-20(19)30-2)21(24(28)25-10-5-6-11-25)16-7-3-4-8-17(16)23(26)27/h3-4,7-8,13-14,21-22H,5-6,9-12H2,1-2H3/t21-,22+/m1/s1. The summed E-state index contributed by atoms with van der Waals surface area (Å²) in [7, 11) is 3.23. The van der Waals surface area contributed by atoms with Crippen molar-refractivity contribution in [1.29, 1.82) is 0 Å². The van der Waals surface area contributed by atoms with E-state index in [1.54, 1.807) is 14.2 Å². The summed E-state index contributed by atoms with van der Waals surface area (Å²) < 4.78 is 11.0. The van der Waals surface area contributed by atoms with Crippen LogP contribution in [0.1, 0.15) is 51.8 Å². The van der Waals surface area contributed by atoms with E-state index in [9.17, 15) is 9.59 Å². The SMILES string of the molecule is COc1cc2c(cc1OC)[C@H]1[C@H](C(=O)N3CCCC3)c3ccccc3C(=O)N1CC2. The fraction of sp³-hybridized carbons (Fsp3) is 0.417. The first kappa shape index (κ1) is 19.0. The van der Waals surface area contributed by atoms with Gasteiger partial charge in [0.15, 0.2) is 11.5 Å². The first-order valence-electron chi connectivity index (χ1n) is 10.6. The molecule has 0 aromatic heterocycles. The Morgan fingerprint density at radius 3 is 2.40 bits per heavy atom. The smallest absolute Gasteiger partial charge is 0.254 e. The van der Waals surface area contributed by atoms with E-state index in [0.29, 0.717) is 23.6 Å². The van der Waals surface area contributed by atoms with Gasteiger partial charge in [0, 0.05) is 25.2 Å². The first-order chi connectivity index (χ1) is 14.6. The number of amides is 2. The maximum atomic E-state index is 13.7. The third-order valence-electron chi connectivity index (χ3n) is 6.71. The molecule has 0 radical (unpaired) electrons. The van der Waals surface area contributed by atoms with Gasteiger partial charge in [-0.2, -0.15) is 0 Å². The molecule has 2 aromatic carbocycles. The molecule has 2 amide bonds. The van der Waals surface area contributed by atoms with Crippen molar-refractivity contribution in [3.63, 3.8) is 0 Å². The summed E-state index contributed by atoms with van der Waals surface area (Å²) in [4.78, 5) is 31.0. The van der Waals surface area contributed by atoms with Crippen molar-refractivity contribution in [2.75, 3.05) is 33.9 Å². The van der Waals surface area contributed by atoms with Gasteiger partial charge in [0.2, 0.25) is 5.91 Å². The zero-order valence-corrected chi connectivity index (χ0v) is 17.4. The fourth-order valence-corrected chi connectivity index (χ4v) is 5.25. The number of nitrogens with zero attached hydrogens (tertiary/aromatic N) is 2. The van der Waals surface area contributed by atoms with Gasteiger partial charge in [0.25, 0.3) is 5.91 Å². The Kier molecular flexibility index (Phi) is 4.65. The maximum absolute atomic E-state index is 13.7. The van der Waals surface area contributed by atoms with Gasteiger partial charge in [-0.25, -0.2) is 0 Å². The monoisotopic (exact) mass is 406 g/mol. The molecular formula is C24H26N2O4. The molecule has 0 N–H and O–H groups in total. The number of hydrogen-bond donors (Lipinski definition) is 0. The van der Waals surface area contributed by atoms with Crippen LogP contribution >= 0.6 is 0 Å². The molecule has 1 saturated heterocycles. The largest absolute Gasteiger partial charge is 0.493 e. The number of carbonyl (C=O) groups is 2. The lowest BCUT2D eigenvalue weighted by Gasteiger charge is -2.46. The Bertz CT molecular complexity index is 1010. The van der Waals surface area contributed by atoms with Crippen LogP contribution < -0.4 is 9.47 Å². The summed E-state index contributed by atoms with van der Waals surface area (Å²) in [5, 5.41) is 0. The maximum Gasteiger partial charge on any atom is 0.254 e. The predicted octanol–water partition coefficient (Wildman–Crippen LogP) is 3.16. The molecule has 3 aliphatic heterocycles. The molecule has 3 heterocycles. The van der Waals surface area contributed by atoms with Crippen molar-refractivity contribution in [3.05, 3.63) is 58.7 Å². The molecule has 2 aromatic rings. The van der Waals surface area contributed by atoms with E-state index in [1.807, 2.05) is 46.2 Å². The van der Waals surface area contributed by atoms with Crippen LogP contribution in [0.5, 0.6) is 11.5 Å². The Balaban J connectivity index is 1.69. The first-order valence-corrected chi connectivity index (χ1v) is 10.6. The minimum atomic E-state index is -0.408. The topological polar surface area (TPSA) is 59.1 Å². The number of benzene rings is 2. The zero-order chi connectivity index (χ0) is 20.8. The fourth-order valence-electron chi connectivity index (χ4n) is 5.25. The van der Waals surface area contributed by atoms with Crippen molar-refractivity contribution < 1.29 is 19.1 Å². The second kappa shape index (κ2) is 7.35. The molecule has 6 nitrogen and oxygen atoms in total. The summed E-state index contributed by atoms with van der Waals surface area (Å²) in [5.41, 5.74) is 3.58. The van der Waals surface area contributed by atoms with E-state index in [2.05, 4.69) is 0 Å². The Morgan fingerprint density at radius 2 is 1.67 bits per heavy atom. The second-order valence-electron chi connectivity index (χ2n) is 8.20. The minimum absolute atomic E-state index is 0.00140. The van der Waals surface area contributed by atoms with Gasteiger partial charge in [-0.3, -0.25) is 9.59 Å². The highest BCUT2D eigenvalue weighted by Crippen LogP contribution is 2.49. The lowest BCUT2D eigenvalue weighted by molar-refractivity contribution is -0.133. The highest BCUT2D eigenvalue weighted by Gasteiger charge is 2.47. The van der Waals surface area contributed by atoms with E-state index >= 15 is 0 Å². The summed E-state index contributed by atoms with van der Waals surface area (Å²) in [5.74, 6) is 1.01. The number of methoxy groups -OCH3 is 2. The molecule has 30 heavy (non-hydrogen) atoms. The van der Waals surface area contributed by atoms with E-state index in [-0.39, 0.29) is 17.9 Å². The quantitative estimate of drug-likeness (QED) is 0.786. The summed E-state index contributed by atoms with van der Waals surface area (Å²) >= 11 is 0. The highest BCUT2D eigenvalue weighted by atomic mass is 16.5. The van der Waals surface area contributed by atoms with E-state index < -0.39 is 5.92 Å². The molecule has 1 fully saturated rings. The summed E-state index contributed by atoms with van der Waals surface area (Å²) in [6, 6.07) is 11.2. The zero-order valence-electron chi connectivity index (χ0n) is 17.4. The minimum Gasteiger partial charge on any atom is -0.493 e. The van der Waals surface area contributed by atoms with Crippen LogP contribution in [0.2, 0.25) is 0 Å². The highest BCUT2D eigenvalue weighted by molar-refractivity contribution is 6.01. The van der Waals surface area contributed by atoms with Crippen LogP contribution in [0.3, 0.4) is 0 Å². The third-order valence-corrected chi connectivity index (χ3v) is 6.71. The molecule has 5 rings (SSSR count). The lowest BCUT2D eigenvalue weighted by atomic mass is 9.75. The number of likely N-dealkylation sites (tertiary alicyclic amines) is 1. The molecule has 6 heteroatoms. The van der Waals surface area contributed by atoms with Crippen molar-refractivity contribution in [2.24, 2.45) is 0 Å². The van der Waals surface area contributed by atoms with Crippen molar-refractivity contribution >= 4 is 11.8 Å². The van der Waals surface area contributed by atoms with Crippen LogP contribution in [0.25, 0.3) is 0 Å². The van der Waals surface area contributed by atoms with Gasteiger partial charge in [0.05, 0.1) is 26.2 Å². The average molecular weight is 406 g/mol. The molecule has 0 saturated carbocycles. The normalized spacial score (nSPS) is 22.3. The molecule has 0 bridgehead atoms. The lowest BCUT2D eigenvalue weighted by Crippen LogP contribution is -2.50. The molecule has 0 unspecified atom stereocenters. The van der Waals surface area contributed by atoms with Crippen LogP contribution in [-0.4, -0.2) is 55.5 Å². The van der Waals surface area contributed by atoms with E-state index in [4.69, 9.17) is 9.47 Å². The van der Waals surface area contributed by atoms with Crippen LogP contribution in [0.15, 0.2) is 36.4 Å². The van der Waals surface area contributed by atoms with Gasteiger partial charge in [0.1, 0.15) is 0 Å². The van der Waals surface area contributed by atoms with Gasteiger partial charge in [-0.05, 0) is 54.2 Å². The number of carbonyl (C=O) groups excluding carboxylic acids is 2. The van der Waals surface area contributed by atoms with Crippen LogP contribution in [-0.2, 0) is 11.2 Å². The number of hydrogen-bond acceptors (Lipinski definition) is 4. The second-order valence-corrected chi connectivity index (χ2v) is 8.20. The van der Waals surface area contributed by atoms with E-state index in [1.165, 1.54) is 0 Å². The van der Waals surface area contributed by atoms with Gasteiger partial charge in [-0.1, -0.05) is 18.2 Å². The van der Waals surface area contributed by atoms with Gasteiger partial charge >= 0.3 is 0 Å². The van der Waals surface area contributed by atoms with E-state index in [0.717, 1.165) is 49.0 Å². The van der Waals surface area contributed by atoms with Gasteiger partial charge < -0.3 is 19.3 Å². The predicted molar refractivity (Wildman–Crippen MR) is 112 cm³/mol. The van der Waals surface area contributed by atoms with Crippen molar-refractivity contribution in [2.45, 2.75) is 31.2 Å². The number of rotatable bonds is 3. The summed E-state index contributed by atoms with van der Waals surface area (Å²) in [6.45, 7) is 2.16. The van der Waals surface area contributed by atoms with Crippen molar-refractivity contribution in [1.82, 2.24) is 9.80 Å². The Labute approximate surface area is 176 Å². The number of ether oxygens (including phenoxy) is 2. The number of fused-ring (bicyclic) bond motifs is 4. The molecule has 3 aliphatic rings. The molecule has 0 aliphatic carbocycles. The molecule has 0 spiro atoms. The van der Waals surface area contributed by atoms with Crippen LogP contribution in [0, 0.1) is 0 Å². The molecule has 2 atom stereocenters. The third kappa shape index (κ3) is 2.77. The molecule has 156 valence electrons. The van der Waals surface area contributed by atoms with Crippen molar-refractivity contribution in [3.8, 4) is 11.5 Å². The Hall–Kier alpha value is -3.02. The average Bonchev–Trinajstić information content (AvgIpc) is 3.33. The van der Waals surface area contributed by atoms with Crippen LogP contribution in [0.4, 0.5) is 0 Å². The van der Waals surface area contributed by atoms with Gasteiger partial charge in [-0.15, -0.1) is 0 Å². The molecular weight excluding hydrogens is 380 g/mol.